The van der Waals surface area contributed by atoms with E-state index in [1.807, 2.05) is 5.32 Å². The van der Waals surface area contributed by atoms with Gasteiger partial charge in [0.15, 0.2) is 0 Å². The number of nitrogens with zero attached hydrogens (tertiary/aromatic N) is 2. The Morgan fingerprint density at radius 2 is 1.97 bits per heavy atom. The van der Waals surface area contributed by atoms with Crippen LogP contribution in [0.3, 0.4) is 0 Å². The second-order valence-electron chi connectivity index (χ2n) is 6.76. The van der Waals surface area contributed by atoms with Crippen molar-refractivity contribution in [2.45, 2.75) is 24.0 Å². The van der Waals surface area contributed by atoms with Crippen molar-refractivity contribution in [3.8, 4) is 6.07 Å². The quantitative estimate of drug-likeness (QED) is 0.666. The first-order valence-corrected chi connectivity index (χ1v) is 10.3. The Balaban J connectivity index is 1.86. The molecular formula is C19H14F4N4O4S. The molecule has 168 valence electrons. The molecule has 3 rings (SSSR count). The fourth-order valence-electron chi connectivity index (χ4n) is 3.13. The number of carbonyl (C=O) groups is 2. The number of fused-ring (bicyclic) bond motifs is 1. The molecular weight excluding hydrogens is 456 g/mol. The first-order chi connectivity index (χ1) is 14.9. The van der Waals surface area contributed by atoms with E-state index in [0.717, 1.165) is 18.2 Å². The van der Waals surface area contributed by atoms with E-state index in [1.165, 1.54) is 19.1 Å². The van der Waals surface area contributed by atoms with Crippen LogP contribution in [0.25, 0.3) is 0 Å². The van der Waals surface area contributed by atoms with Crippen LogP contribution in [-0.4, -0.2) is 31.2 Å². The molecule has 0 aliphatic carbocycles. The lowest BCUT2D eigenvalue weighted by molar-refractivity contribution is -0.139. The molecule has 0 saturated heterocycles. The summed E-state index contributed by atoms with van der Waals surface area (Å²) in [6.45, 7) is 0.228. The molecule has 0 fully saturated rings. The Hall–Kier alpha value is -3.66. The highest BCUT2D eigenvalue weighted by Crippen LogP contribution is 2.41. The smallest absolute Gasteiger partial charge is 0.348 e. The van der Waals surface area contributed by atoms with Crippen LogP contribution in [0, 0.1) is 17.1 Å². The van der Waals surface area contributed by atoms with Crippen molar-refractivity contribution < 1.29 is 35.6 Å². The van der Waals surface area contributed by atoms with Crippen LogP contribution in [0.4, 0.5) is 28.0 Å². The van der Waals surface area contributed by atoms with Gasteiger partial charge in [0.25, 0.3) is 10.0 Å². The van der Waals surface area contributed by atoms with Crippen LogP contribution in [0.5, 0.6) is 0 Å². The predicted molar refractivity (Wildman–Crippen MR) is 102 cm³/mol. The Morgan fingerprint density at radius 3 is 2.56 bits per heavy atom. The summed E-state index contributed by atoms with van der Waals surface area (Å²) in [7, 11) is -5.03. The van der Waals surface area contributed by atoms with Gasteiger partial charge < -0.3 is 10.6 Å². The lowest BCUT2D eigenvalue weighted by Crippen LogP contribution is -2.49. The van der Waals surface area contributed by atoms with Gasteiger partial charge in [-0.1, -0.05) is 12.1 Å². The minimum atomic E-state index is -5.03. The third-order valence-electron chi connectivity index (χ3n) is 4.60. The second kappa shape index (κ2) is 8.12. The molecule has 1 atom stereocenters. The number of carbonyl (C=O) groups excluding carboxylic acids is 2. The summed E-state index contributed by atoms with van der Waals surface area (Å²) in [6.07, 6.45) is -5.03. The number of hydrogen-bond acceptors (Lipinski definition) is 5. The molecule has 0 unspecified atom stereocenters. The second-order valence-corrected chi connectivity index (χ2v) is 8.56. The van der Waals surface area contributed by atoms with E-state index >= 15 is 0 Å². The summed E-state index contributed by atoms with van der Waals surface area (Å²) in [5.74, 6) is -1.86. The zero-order chi connectivity index (χ0) is 23.8. The SMILES string of the molecule is C[C@@H](NC(=O)CN1C(=O)Nc2cccc(C(F)(F)F)c2S1(=O)=O)c1ccc(C#N)cc1F. The molecule has 13 heteroatoms. The Kier molecular flexibility index (Phi) is 5.84. The first-order valence-electron chi connectivity index (χ1n) is 8.89. The van der Waals surface area contributed by atoms with E-state index in [4.69, 9.17) is 5.26 Å². The number of amides is 3. The highest BCUT2D eigenvalue weighted by molar-refractivity contribution is 7.90. The molecule has 1 aliphatic rings. The summed E-state index contributed by atoms with van der Waals surface area (Å²) < 4.78 is 79.7. The third kappa shape index (κ3) is 4.22. The maximum atomic E-state index is 14.1. The molecule has 0 radical (unpaired) electrons. The monoisotopic (exact) mass is 470 g/mol. The molecule has 2 N–H and O–H groups in total. The number of hydrogen-bond donors (Lipinski definition) is 2. The number of alkyl halides is 3. The molecule has 0 spiro atoms. The number of benzene rings is 2. The number of rotatable bonds is 4. The maximum absolute atomic E-state index is 14.1. The van der Waals surface area contributed by atoms with E-state index in [-0.39, 0.29) is 15.4 Å². The van der Waals surface area contributed by atoms with E-state index in [9.17, 15) is 35.6 Å². The van der Waals surface area contributed by atoms with Crippen molar-refractivity contribution in [3.05, 3.63) is 58.9 Å². The minimum absolute atomic E-state index is 0.0204. The number of halogens is 4. The predicted octanol–water partition coefficient (Wildman–Crippen LogP) is 3.13. The fourth-order valence-corrected chi connectivity index (χ4v) is 4.76. The largest absolute Gasteiger partial charge is 0.417 e. The van der Waals surface area contributed by atoms with Gasteiger partial charge in [-0.15, -0.1) is 0 Å². The number of anilines is 1. The van der Waals surface area contributed by atoms with Crippen molar-refractivity contribution in [1.82, 2.24) is 9.62 Å². The lowest BCUT2D eigenvalue weighted by Gasteiger charge is -2.30. The van der Waals surface area contributed by atoms with E-state index in [1.54, 1.807) is 6.07 Å². The van der Waals surface area contributed by atoms with Gasteiger partial charge in [-0.05, 0) is 31.2 Å². The molecule has 2 aromatic rings. The van der Waals surface area contributed by atoms with Gasteiger partial charge in [0.05, 0.1) is 28.9 Å². The van der Waals surface area contributed by atoms with Crippen molar-refractivity contribution in [2.24, 2.45) is 0 Å². The van der Waals surface area contributed by atoms with Crippen LogP contribution < -0.4 is 10.6 Å². The fraction of sp³-hybridized carbons (Fsp3) is 0.211. The number of sulfonamides is 1. The normalized spacial score (nSPS) is 15.9. The van der Waals surface area contributed by atoms with Crippen molar-refractivity contribution in [3.63, 3.8) is 0 Å². The summed E-state index contributed by atoms with van der Waals surface area (Å²) in [4.78, 5) is 23.4. The molecule has 1 heterocycles. The summed E-state index contributed by atoms with van der Waals surface area (Å²) in [5, 5.41) is 13.1. The first kappa shape index (κ1) is 23.0. The molecule has 0 bridgehead atoms. The van der Waals surface area contributed by atoms with Gasteiger partial charge in [-0.25, -0.2) is 21.9 Å². The van der Waals surface area contributed by atoms with Gasteiger partial charge in [0.2, 0.25) is 5.91 Å². The zero-order valence-electron chi connectivity index (χ0n) is 16.2. The topological polar surface area (TPSA) is 119 Å². The van der Waals surface area contributed by atoms with Crippen LogP contribution in [0.1, 0.15) is 29.7 Å². The van der Waals surface area contributed by atoms with Crippen LogP contribution in [0.2, 0.25) is 0 Å². The Labute approximate surface area is 179 Å². The highest BCUT2D eigenvalue weighted by Gasteiger charge is 2.45. The summed E-state index contributed by atoms with van der Waals surface area (Å²) >= 11 is 0. The van der Waals surface area contributed by atoms with Crippen molar-refractivity contribution in [2.75, 3.05) is 11.9 Å². The van der Waals surface area contributed by atoms with Crippen LogP contribution in [0.15, 0.2) is 41.3 Å². The lowest BCUT2D eigenvalue weighted by atomic mass is 10.1. The molecule has 2 aromatic carbocycles. The highest BCUT2D eigenvalue weighted by atomic mass is 32.2. The van der Waals surface area contributed by atoms with E-state index in [0.29, 0.717) is 6.07 Å². The average molecular weight is 470 g/mol. The van der Waals surface area contributed by atoms with Gasteiger partial charge in [0, 0.05) is 5.56 Å². The standard InChI is InChI=1S/C19H14F4N4O4S/c1-10(12-6-5-11(8-24)7-14(12)20)25-16(28)9-27-18(29)26-15-4-2-3-13(19(21,22)23)17(15)32(27,30)31/h2-7,10H,9H2,1H3,(H,25,28)(H,26,29)/t10-/m1/s1. The summed E-state index contributed by atoms with van der Waals surface area (Å²) in [5.41, 5.74) is -2.03. The van der Waals surface area contributed by atoms with E-state index < -0.39 is 62.7 Å². The van der Waals surface area contributed by atoms with Crippen molar-refractivity contribution in [1.29, 1.82) is 5.26 Å². The number of nitriles is 1. The van der Waals surface area contributed by atoms with Crippen LogP contribution in [-0.2, 0) is 21.0 Å². The van der Waals surface area contributed by atoms with E-state index in [2.05, 4.69) is 5.32 Å². The van der Waals surface area contributed by atoms with Crippen molar-refractivity contribution >= 4 is 27.6 Å². The minimum Gasteiger partial charge on any atom is -0.348 e. The summed E-state index contributed by atoms with van der Waals surface area (Å²) in [6, 6.07) is 5.39. The van der Waals surface area contributed by atoms with Crippen LogP contribution >= 0.6 is 0 Å². The Bertz CT molecular complexity index is 1250. The van der Waals surface area contributed by atoms with Gasteiger partial charge >= 0.3 is 12.2 Å². The molecule has 1 aliphatic heterocycles. The number of nitrogens with one attached hydrogen (secondary N) is 2. The Morgan fingerprint density at radius 1 is 1.28 bits per heavy atom. The zero-order valence-corrected chi connectivity index (χ0v) is 17.0. The molecule has 3 amide bonds. The third-order valence-corrected chi connectivity index (χ3v) is 6.43. The molecule has 32 heavy (non-hydrogen) atoms. The van der Waals surface area contributed by atoms with Gasteiger partial charge in [-0.3, -0.25) is 4.79 Å². The average Bonchev–Trinajstić information content (AvgIpc) is 2.69. The number of urea groups is 1. The van der Waals surface area contributed by atoms with Gasteiger partial charge in [0.1, 0.15) is 17.3 Å². The van der Waals surface area contributed by atoms with Gasteiger partial charge in [-0.2, -0.15) is 18.4 Å². The molecule has 0 aromatic heterocycles. The molecule has 0 saturated carbocycles. The molecule has 8 nitrogen and oxygen atoms in total. The maximum Gasteiger partial charge on any atom is 0.417 e.